The molecule has 0 N–H and O–H groups in total. The molecule has 100 valence electrons. The van der Waals surface area contributed by atoms with Crippen LogP contribution in [0.1, 0.15) is 18.9 Å². The van der Waals surface area contributed by atoms with E-state index in [0.717, 1.165) is 35.8 Å². The highest BCUT2D eigenvalue weighted by molar-refractivity contribution is 6.17. The molecule has 0 saturated heterocycles. The van der Waals surface area contributed by atoms with Crippen LogP contribution in [0.4, 0.5) is 0 Å². The molecule has 0 atom stereocenters. The molecular formula is C16H17ClO2. The van der Waals surface area contributed by atoms with Gasteiger partial charge in [-0.25, -0.2) is 0 Å². The van der Waals surface area contributed by atoms with E-state index in [0.29, 0.717) is 5.88 Å². The van der Waals surface area contributed by atoms with E-state index in [1.54, 1.807) is 0 Å². The van der Waals surface area contributed by atoms with Crippen LogP contribution >= 0.6 is 11.6 Å². The Morgan fingerprint density at radius 3 is 1.89 bits per heavy atom. The Kier molecular flexibility index (Phi) is 5.10. The Labute approximate surface area is 118 Å². The van der Waals surface area contributed by atoms with E-state index in [9.17, 15) is 0 Å². The molecule has 0 saturated carbocycles. The number of hydrogen-bond donors (Lipinski definition) is 0. The molecule has 19 heavy (non-hydrogen) atoms. The van der Waals surface area contributed by atoms with E-state index in [1.165, 1.54) is 0 Å². The van der Waals surface area contributed by atoms with E-state index in [2.05, 4.69) is 6.92 Å². The first-order chi connectivity index (χ1) is 9.31. The summed E-state index contributed by atoms with van der Waals surface area (Å²) in [5.41, 5.74) is 1.08. The Balaban J connectivity index is 1.98. The molecule has 0 spiro atoms. The fourth-order valence-corrected chi connectivity index (χ4v) is 1.78. The lowest BCUT2D eigenvalue weighted by Crippen LogP contribution is -1.94. The summed E-state index contributed by atoms with van der Waals surface area (Å²) in [6.07, 6.45) is 1.01. The molecule has 0 aromatic heterocycles. The normalized spacial score (nSPS) is 10.2. The molecule has 0 fully saturated rings. The molecule has 0 aliphatic heterocycles. The Morgan fingerprint density at radius 1 is 0.842 bits per heavy atom. The maximum Gasteiger partial charge on any atom is 0.127 e. The van der Waals surface area contributed by atoms with Crippen molar-refractivity contribution in [2.45, 2.75) is 19.2 Å². The third-order valence-electron chi connectivity index (χ3n) is 2.61. The van der Waals surface area contributed by atoms with Gasteiger partial charge in [-0.2, -0.15) is 0 Å². The fourth-order valence-electron chi connectivity index (χ4n) is 1.61. The van der Waals surface area contributed by atoms with Crippen LogP contribution in [0.25, 0.3) is 0 Å². The highest BCUT2D eigenvalue weighted by atomic mass is 35.5. The van der Waals surface area contributed by atoms with Gasteiger partial charge in [0.2, 0.25) is 0 Å². The number of alkyl halides is 1. The minimum atomic E-state index is 0.518. The predicted octanol–water partition coefficient (Wildman–Crippen LogP) is 5.01. The summed E-state index contributed by atoms with van der Waals surface area (Å²) in [4.78, 5) is 0. The van der Waals surface area contributed by atoms with Crippen molar-refractivity contribution in [2.75, 3.05) is 6.61 Å². The highest BCUT2D eigenvalue weighted by Crippen LogP contribution is 2.24. The maximum atomic E-state index is 5.74. The molecule has 0 radical (unpaired) electrons. The van der Waals surface area contributed by atoms with Crippen molar-refractivity contribution < 1.29 is 9.47 Å². The van der Waals surface area contributed by atoms with Crippen molar-refractivity contribution in [3.05, 3.63) is 54.1 Å². The lowest BCUT2D eigenvalue weighted by atomic mass is 10.2. The Morgan fingerprint density at radius 2 is 1.37 bits per heavy atom. The van der Waals surface area contributed by atoms with Gasteiger partial charge in [0.25, 0.3) is 0 Å². The van der Waals surface area contributed by atoms with Gasteiger partial charge in [0.1, 0.15) is 17.2 Å². The van der Waals surface area contributed by atoms with Gasteiger partial charge in [-0.3, -0.25) is 0 Å². The molecule has 2 aromatic rings. The molecule has 0 heterocycles. The number of halogens is 1. The summed E-state index contributed by atoms with van der Waals surface area (Å²) in [7, 11) is 0. The lowest BCUT2D eigenvalue weighted by Gasteiger charge is -2.08. The van der Waals surface area contributed by atoms with E-state index in [1.807, 2.05) is 48.5 Å². The van der Waals surface area contributed by atoms with Gasteiger partial charge in [0.15, 0.2) is 0 Å². The van der Waals surface area contributed by atoms with Crippen LogP contribution in [-0.2, 0) is 5.88 Å². The molecule has 0 amide bonds. The molecule has 0 aliphatic rings. The molecule has 2 nitrogen and oxygen atoms in total. The first-order valence-electron chi connectivity index (χ1n) is 6.37. The van der Waals surface area contributed by atoms with Crippen molar-refractivity contribution in [3.8, 4) is 17.2 Å². The number of hydrogen-bond acceptors (Lipinski definition) is 2. The first-order valence-corrected chi connectivity index (χ1v) is 6.91. The summed E-state index contributed by atoms with van der Waals surface area (Å²) >= 11 is 5.74. The minimum absolute atomic E-state index is 0.518. The first kappa shape index (κ1) is 13.8. The maximum absolute atomic E-state index is 5.74. The lowest BCUT2D eigenvalue weighted by molar-refractivity contribution is 0.317. The Bertz CT molecular complexity index is 491. The van der Waals surface area contributed by atoms with Gasteiger partial charge < -0.3 is 9.47 Å². The monoisotopic (exact) mass is 276 g/mol. The van der Waals surface area contributed by atoms with E-state index < -0.39 is 0 Å². The number of ether oxygens (including phenoxy) is 2. The topological polar surface area (TPSA) is 18.5 Å². The van der Waals surface area contributed by atoms with Crippen LogP contribution in [0.3, 0.4) is 0 Å². The summed E-state index contributed by atoms with van der Waals surface area (Å²) in [6, 6.07) is 15.4. The molecule has 0 unspecified atom stereocenters. The van der Waals surface area contributed by atoms with Gasteiger partial charge in [0, 0.05) is 5.88 Å². The summed E-state index contributed by atoms with van der Waals surface area (Å²) in [6.45, 7) is 2.82. The molecule has 0 bridgehead atoms. The molecular weight excluding hydrogens is 260 g/mol. The van der Waals surface area contributed by atoms with Crippen LogP contribution in [0.15, 0.2) is 48.5 Å². The van der Waals surface area contributed by atoms with Crippen molar-refractivity contribution in [3.63, 3.8) is 0 Å². The van der Waals surface area contributed by atoms with E-state index in [4.69, 9.17) is 21.1 Å². The smallest absolute Gasteiger partial charge is 0.127 e. The van der Waals surface area contributed by atoms with E-state index in [-0.39, 0.29) is 0 Å². The summed E-state index contributed by atoms with van der Waals surface area (Å²) < 4.78 is 11.3. The molecule has 0 aliphatic carbocycles. The van der Waals surface area contributed by atoms with Crippen LogP contribution in [0, 0.1) is 0 Å². The standard InChI is InChI=1S/C16H17ClO2/c1-2-11-18-14-7-9-16(10-8-14)19-15-5-3-13(12-17)4-6-15/h3-10H,2,11-12H2,1H3. The second-order valence-electron chi connectivity index (χ2n) is 4.20. The SMILES string of the molecule is CCCOc1ccc(Oc2ccc(CCl)cc2)cc1. The second-order valence-corrected chi connectivity index (χ2v) is 4.47. The highest BCUT2D eigenvalue weighted by Gasteiger charge is 1.99. The van der Waals surface area contributed by atoms with Crippen LogP contribution in [-0.4, -0.2) is 6.61 Å². The third-order valence-corrected chi connectivity index (χ3v) is 2.92. The zero-order valence-electron chi connectivity index (χ0n) is 10.9. The second kappa shape index (κ2) is 7.05. The number of benzene rings is 2. The minimum Gasteiger partial charge on any atom is -0.494 e. The van der Waals surface area contributed by atoms with Gasteiger partial charge in [0.05, 0.1) is 6.61 Å². The average Bonchev–Trinajstić information content (AvgIpc) is 2.47. The number of rotatable bonds is 6. The predicted molar refractivity (Wildman–Crippen MR) is 78.3 cm³/mol. The summed E-state index contributed by atoms with van der Waals surface area (Å²) in [5.74, 6) is 2.98. The van der Waals surface area contributed by atoms with Crippen LogP contribution in [0.2, 0.25) is 0 Å². The molecule has 2 rings (SSSR count). The third kappa shape index (κ3) is 4.18. The fraction of sp³-hybridized carbons (Fsp3) is 0.250. The van der Waals surface area contributed by atoms with Crippen molar-refractivity contribution >= 4 is 11.6 Å². The van der Waals surface area contributed by atoms with Crippen molar-refractivity contribution in [1.82, 2.24) is 0 Å². The molecule has 3 heteroatoms. The van der Waals surface area contributed by atoms with Gasteiger partial charge in [-0.05, 0) is 48.4 Å². The van der Waals surface area contributed by atoms with Crippen molar-refractivity contribution in [1.29, 1.82) is 0 Å². The Hall–Kier alpha value is -1.67. The van der Waals surface area contributed by atoms with Crippen molar-refractivity contribution in [2.24, 2.45) is 0 Å². The van der Waals surface area contributed by atoms with Gasteiger partial charge in [-0.15, -0.1) is 11.6 Å². The average molecular weight is 277 g/mol. The quantitative estimate of drug-likeness (QED) is 0.691. The zero-order chi connectivity index (χ0) is 13.5. The summed E-state index contributed by atoms with van der Waals surface area (Å²) in [5, 5.41) is 0. The molecule has 2 aromatic carbocycles. The van der Waals surface area contributed by atoms with Crippen LogP contribution < -0.4 is 9.47 Å². The zero-order valence-corrected chi connectivity index (χ0v) is 11.7. The van der Waals surface area contributed by atoms with Gasteiger partial charge >= 0.3 is 0 Å². The van der Waals surface area contributed by atoms with E-state index >= 15 is 0 Å². The largest absolute Gasteiger partial charge is 0.494 e. The van der Waals surface area contributed by atoms with Crippen LogP contribution in [0.5, 0.6) is 17.2 Å². The van der Waals surface area contributed by atoms with Gasteiger partial charge in [-0.1, -0.05) is 19.1 Å².